The van der Waals surface area contributed by atoms with Gasteiger partial charge in [0.1, 0.15) is 21.2 Å². The molecule has 0 N–H and O–H groups in total. The first-order valence-electron chi connectivity index (χ1n) is 14.2. The summed E-state index contributed by atoms with van der Waals surface area (Å²) in [5, 5.41) is 0. The Morgan fingerprint density at radius 3 is 1.21 bits per heavy atom. The van der Waals surface area contributed by atoms with Crippen LogP contribution in [-0.2, 0) is 14.3 Å². The van der Waals surface area contributed by atoms with E-state index in [1.165, 1.54) is 0 Å². The second kappa shape index (κ2) is 21.2. The maximum absolute atomic E-state index is 12.1. The van der Waals surface area contributed by atoms with E-state index < -0.39 is 11.9 Å². The molecule has 0 bridgehead atoms. The van der Waals surface area contributed by atoms with Crippen LogP contribution in [0.15, 0.2) is 60.7 Å². The fourth-order valence-corrected chi connectivity index (χ4v) is 4.38. The number of ether oxygens (including phenoxy) is 3. The lowest BCUT2D eigenvalue weighted by atomic mass is 10.1. The predicted octanol–water partition coefficient (Wildman–Crippen LogP) is 8.42. The number of carbonyl (C=O) groups excluding carboxylic acids is 2. The van der Waals surface area contributed by atoms with E-state index in [2.05, 4.69) is 0 Å². The highest BCUT2D eigenvalue weighted by Crippen LogP contribution is 2.13. The third-order valence-electron chi connectivity index (χ3n) is 6.26. The Bertz CT molecular complexity index is 899. The van der Waals surface area contributed by atoms with Crippen LogP contribution in [0, 0.1) is 0 Å². The van der Waals surface area contributed by atoms with Crippen LogP contribution in [0.2, 0.25) is 0 Å². The van der Waals surface area contributed by atoms with E-state index in [-0.39, 0.29) is 9.73 Å². The molecule has 2 aromatic carbocycles. The summed E-state index contributed by atoms with van der Waals surface area (Å²) in [4.78, 5) is 24.6. The number of para-hydroxylation sites is 2. The number of rotatable bonds is 22. The van der Waals surface area contributed by atoms with Crippen molar-refractivity contribution in [2.24, 2.45) is 0 Å². The number of hydrogen-bond donors (Lipinski definition) is 0. The molecule has 0 aliphatic heterocycles. The van der Waals surface area contributed by atoms with Crippen LogP contribution in [0.3, 0.4) is 0 Å². The minimum atomic E-state index is -0.729. The van der Waals surface area contributed by atoms with Gasteiger partial charge < -0.3 is 14.2 Å². The summed E-state index contributed by atoms with van der Waals surface area (Å²) in [5.74, 6) is 0.357. The number of esters is 2. The smallest absolute Gasteiger partial charge is 0.352 e. The number of thiocarbonyl (C=S) groups is 2. The van der Waals surface area contributed by atoms with Crippen LogP contribution in [0.5, 0.6) is 11.5 Å². The Hall–Kier alpha value is -2.64. The summed E-state index contributed by atoms with van der Waals surface area (Å²) in [7, 11) is 0. The number of carbonyl (C=O) groups is 2. The molecule has 39 heavy (non-hydrogen) atoms. The van der Waals surface area contributed by atoms with Crippen LogP contribution in [0.25, 0.3) is 0 Å². The molecule has 0 spiro atoms. The first kappa shape index (κ1) is 32.6. The van der Waals surface area contributed by atoms with Crippen molar-refractivity contribution in [3.8, 4) is 11.5 Å². The third kappa shape index (κ3) is 16.2. The summed E-state index contributed by atoms with van der Waals surface area (Å²) in [5.41, 5.74) is 0. The van der Waals surface area contributed by atoms with Crippen LogP contribution in [0.4, 0.5) is 0 Å². The lowest BCUT2D eigenvalue weighted by Crippen LogP contribution is -2.24. The normalized spacial score (nSPS) is 10.6. The standard InChI is InChI=1S/C32H42O5S2/c33-31(29(38)23-15-5-1-3-7-17-25-35-27-19-11-9-12-20-27)37-32(34)30(39)24-16-6-2-4-8-18-26-36-28-21-13-10-14-22-28/h9-14,19-22H,1-8,15-18,23-26H2. The highest BCUT2D eigenvalue weighted by atomic mass is 32.1. The van der Waals surface area contributed by atoms with Gasteiger partial charge in [0.15, 0.2) is 0 Å². The predicted molar refractivity (Wildman–Crippen MR) is 165 cm³/mol. The van der Waals surface area contributed by atoms with E-state index >= 15 is 0 Å². The average molecular weight is 571 g/mol. The quantitative estimate of drug-likeness (QED) is 0.0609. The van der Waals surface area contributed by atoms with Crippen molar-refractivity contribution in [3.63, 3.8) is 0 Å². The topological polar surface area (TPSA) is 61.8 Å². The lowest BCUT2D eigenvalue weighted by molar-refractivity contribution is -0.149. The van der Waals surface area contributed by atoms with Crippen molar-refractivity contribution in [3.05, 3.63) is 60.7 Å². The maximum atomic E-state index is 12.1. The van der Waals surface area contributed by atoms with Gasteiger partial charge in [-0.15, -0.1) is 0 Å². The molecule has 0 unspecified atom stereocenters. The Morgan fingerprint density at radius 1 is 0.487 bits per heavy atom. The molecule has 0 saturated heterocycles. The summed E-state index contributed by atoms with van der Waals surface area (Å²) in [6.07, 6.45) is 13.2. The average Bonchev–Trinajstić information content (AvgIpc) is 2.96. The summed E-state index contributed by atoms with van der Waals surface area (Å²) < 4.78 is 16.3. The van der Waals surface area contributed by atoms with E-state index in [1.54, 1.807) is 0 Å². The molecule has 212 valence electrons. The number of benzene rings is 2. The Morgan fingerprint density at radius 2 is 0.821 bits per heavy atom. The monoisotopic (exact) mass is 570 g/mol. The van der Waals surface area contributed by atoms with Crippen LogP contribution in [0.1, 0.15) is 89.9 Å². The van der Waals surface area contributed by atoms with E-state index in [9.17, 15) is 9.59 Å². The van der Waals surface area contributed by atoms with Crippen LogP contribution >= 0.6 is 24.4 Å². The molecule has 0 saturated carbocycles. The van der Waals surface area contributed by atoms with Gasteiger partial charge >= 0.3 is 11.9 Å². The fraction of sp³-hybridized carbons (Fsp3) is 0.500. The minimum absolute atomic E-state index is 0.165. The lowest BCUT2D eigenvalue weighted by Gasteiger charge is -2.07. The molecule has 0 fully saturated rings. The molecule has 7 heteroatoms. The first-order valence-corrected chi connectivity index (χ1v) is 15.1. The third-order valence-corrected chi connectivity index (χ3v) is 7.00. The van der Waals surface area contributed by atoms with Crippen molar-refractivity contribution in [1.82, 2.24) is 0 Å². The molecule has 2 aromatic rings. The second-order valence-electron chi connectivity index (χ2n) is 9.59. The Balaban J connectivity index is 1.39. The van der Waals surface area contributed by atoms with Gasteiger partial charge in [-0.1, -0.05) is 112 Å². The summed E-state index contributed by atoms with van der Waals surface area (Å²) in [6.45, 7) is 1.45. The van der Waals surface area contributed by atoms with Crippen molar-refractivity contribution in [2.45, 2.75) is 89.9 Å². The molecule has 5 nitrogen and oxygen atoms in total. The van der Waals surface area contributed by atoms with Crippen molar-refractivity contribution in [2.75, 3.05) is 13.2 Å². The SMILES string of the molecule is O=C(OC(=O)C(=S)CCCCCCCCOc1ccccc1)C(=S)CCCCCCCCOc1ccccc1. The molecule has 0 heterocycles. The van der Waals surface area contributed by atoms with E-state index in [0.717, 1.165) is 102 Å². The van der Waals surface area contributed by atoms with E-state index in [4.69, 9.17) is 38.6 Å². The highest BCUT2D eigenvalue weighted by Gasteiger charge is 2.18. The molecule has 0 aliphatic rings. The van der Waals surface area contributed by atoms with Gasteiger partial charge in [0, 0.05) is 0 Å². The zero-order valence-electron chi connectivity index (χ0n) is 22.9. The molecule has 0 radical (unpaired) electrons. The maximum Gasteiger partial charge on any atom is 0.352 e. The Labute approximate surface area is 244 Å². The molecule has 0 amide bonds. The van der Waals surface area contributed by atoms with Crippen molar-refractivity contribution < 1.29 is 23.8 Å². The zero-order chi connectivity index (χ0) is 28.0. The largest absolute Gasteiger partial charge is 0.494 e. The molecule has 0 atom stereocenters. The molecule has 0 aromatic heterocycles. The first-order chi connectivity index (χ1) is 19.1. The second-order valence-corrected chi connectivity index (χ2v) is 10.6. The van der Waals surface area contributed by atoms with Gasteiger partial charge in [0.2, 0.25) is 0 Å². The molecular weight excluding hydrogens is 528 g/mol. The van der Waals surface area contributed by atoms with Gasteiger partial charge in [-0.2, -0.15) is 0 Å². The summed E-state index contributed by atoms with van der Waals surface area (Å²) >= 11 is 10.3. The Kier molecular flexibility index (Phi) is 17.7. The van der Waals surface area contributed by atoms with Crippen LogP contribution < -0.4 is 9.47 Å². The van der Waals surface area contributed by atoms with Crippen LogP contribution in [-0.4, -0.2) is 34.9 Å². The van der Waals surface area contributed by atoms with Gasteiger partial charge in [0.05, 0.1) is 13.2 Å². The minimum Gasteiger partial charge on any atom is -0.494 e. The van der Waals surface area contributed by atoms with Gasteiger partial charge in [-0.05, 0) is 62.8 Å². The van der Waals surface area contributed by atoms with Gasteiger partial charge in [-0.25, -0.2) is 9.59 Å². The van der Waals surface area contributed by atoms with Gasteiger partial charge in [0.25, 0.3) is 0 Å². The van der Waals surface area contributed by atoms with Crippen molar-refractivity contribution in [1.29, 1.82) is 0 Å². The fourth-order valence-electron chi connectivity index (χ4n) is 4.01. The summed E-state index contributed by atoms with van der Waals surface area (Å²) in [6, 6.07) is 19.7. The highest BCUT2D eigenvalue weighted by molar-refractivity contribution is 7.82. The molecular formula is C32H42O5S2. The van der Waals surface area contributed by atoms with E-state index in [0.29, 0.717) is 12.8 Å². The zero-order valence-corrected chi connectivity index (χ0v) is 24.6. The van der Waals surface area contributed by atoms with Crippen molar-refractivity contribution >= 4 is 46.1 Å². The number of unbranched alkanes of at least 4 members (excludes halogenated alkanes) is 10. The van der Waals surface area contributed by atoms with Gasteiger partial charge in [-0.3, -0.25) is 0 Å². The molecule has 0 aliphatic carbocycles. The van der Waals surface area contributed by atoms with E-state index in [1.807, 2.05) is 60.7 Å². The number of hydrogen-bond acceptors (Lipinski definition) is 7. The molecule has 2 rings (SSSR count).